The lowest BCUT2D eigenvalue weighted by molar-refractivity contribution is -0.115. The number of imide groups is 1. The van der Waals surface area contributed by atoms with Crippen molar-refractivity contribution in [2.45, 2.75) is 27.7 Å². The second-order valence-corrected chi connectivity index (χ2v) is 7.99. The summed E-state index contributed by atoms with van der Waals surface area (Å²) in [5, 5.41) is 5.23. The molecule has 1 aromatic carbocycles. The fraction of sp³-hybridized carbons (Fsp3) is 0.227. The molecule has 6 heteroatoms. The molecule has 5 nitrogen and oxygen atoms in total. The van der Waals surface area contributed by atoms with Crippen molar-refractivity contribution in [3.05, 3.63) is 63.7 Å². The Kier molecular flexibility index (Phi) is 5.99. The van der Waals surface area contributed by atoms with Crippen molar-refractivity contribution in [1.82, 2.24) is 10.3 Å². The Balaban J connectivity index is 1.83. The van der Waals surface area contributed by atoms with E-state index in [0.29, 0.717) is 4.91 Å². The highest BCUT2D eigenvalue weighted by molar-refractivity contribution is 8.18. The first kappa shape index (κ1) is 19.9. The molecule has 0 saturated carbocycles. The van der Waals surface area contributed by atoms with Crippen molar-refractivity contribution in [2.75, 3.05) is 11.9 Å². The number of amides is 2. The molecule has 0 spiro atoms. The lowest BCUT2D eigenvalue weighted by Gasteiger charge is -2.11. The third-order valence-corrected chi connectivity index (χ3v) is 5.22. The van der Waals surface area contributed by atoms with Crippen LogP contribution >= 0.6 is 11.8 Å². The van der Waals surface area contributed by atoms with Gasteiger partial charge in [-0.1, -0.05) is 23.8 Å². The maximum Gasteiger partial charge on any atom is 0.290 e. The van der Waals surface area contributed by atoms with E-state index >= 15 is 0 Å². The summed E-state index contributed by atoms with van der Waals surface area (Å²) in [5.41, 5.74) is 6.45. The average molecular weight is 394 g/mol. The molecule has 2 heterocycles. The number of benzene rings is 1. The molecular formula is C22H23N3O2S. The molecule has 28 heavy (non-hydrogen) atoms. The van der Waals surface area contributed by atoms with E-state index in [1.54, 1.807) is 6.08 Å². The molecular weight excluding hydrogens is 370 g/mol. The number of aromatic nitrogens is 1. The topological polar surface area (TPSA) is 71.1 Å². The minimum atomic E-state index is -0.337. The van der Waals surface area contributed by atoms with Gasteiger partial charge in [0.1, 0.15) is 5.82 Å². The largest absolute Gasteiger partial charge is 0.367 e. The molecule has 1 saturated heterocycles. The van der Waals surface area contributed by atoms with Gasteiger partial charge in [-0.05, 0) is 79.9 Å². The van der Waals surface area contributed by atoms with Crippen LogP contribution in [-0.2, 0) is 4.79 Å². The number of hydrogen-bond acceptors (Lipinski definition) is 5. The number of hydrogen-bond donors (Lipinski definition) is 2. The molecule has 3 rings (SSSR count). The number of allylic oxidation sites excluding steroid dienone is 1. The first-order valence-electron chi connectivity index (χ1n) is 9.03. The quantitative estimate of drug-likeness (QED) is 0.548. The minimum absolute atomic E-state index is 0.327. The molecule has 2 N–H and O–H groups in total. The monoisotopic (exact) mass is 393 g/mol. The fourth-order valence-electron chi connectivity index (χ4n) is 2.88. The van der Waals surface area contributed by atoms with Crippen LogP contribution in [-0.4, -0.2) is 22.7 Å². The van der Waals surface area contributed by atoms with Crippen LogP contribution in [0, 0.1) is 13.8 Å². The summed E-state index contributed by atoms with van der Waals surface area (Å²) in [7, 11) is 0. The van der Waals surface area contributed by atoms with E-state index in [-0.39, 0.29) is 11.1 Å². The van der Waals surface area contributed by atoms with E-state index in [9.17, 15) is 9.59 Å². The fourth-order valence-corrected chi connectivity index (χ4v) is 3.56. The number of rotatable bonds is 5. The van der Waals surface area contributed by atoms with Crippen LogP contribution in [0.25, 0.3) is 17.2 Å². The summed E-state index contributed by atoms with van der Waals surface area (Å²) in [4.78, 5) is 28.1. The maximum atomic E-state index is 11.8. The molecule has 0 aliphatic carbocycles. The predicted octanol–water partition coefficient (Wildman–Crippen LogP) is 5.07. The highest BCUT2D eigenvalue weighted by Gasteiger charge is 2.25. The van der Waals surface area contributed by atoms with Crippen LogP contribution in [0.15, 0.2) is 47.0 Å². The predicted molar refractivity (Wildman–Crippen MR) is 116 cm³/mol. The van der Waals surface area contributed by atoms with Crippen molar-refractivity contribution in [1.29, 1.82) is 0 Å². The lowest BCUT2D eigenvalue weighted by atomic mass is 9.95. The van der Waals surface area contributed by atoms with Crippen LogP contribution in [0.1, 0.15) is 30.5 Å². The Bertz CT molecular complexity index is 988. The van der Waals surface area contributed by atoms with Gasteiger partial charge in [-0.15, -0.1) is 0 Å². The van der Waals surface area contributed by atoms with E-state index in [0.717, 1.165) is 51.9 Å². The molecule has 144 valence electrons. The van der Waals surface area contributed by atoms with Crippen molar-refractivity contribution >= 4 is 34.8 Å². The summed E-state index contributed by atoms with van der Waals surface area (Å²) >= 11 is 0.934. The summed E-state index contributed by atoms with van der Waals surface area (Å²) in [5.74, 6) is 0.502. The number of carbonyl (C=O) groups is 2. The van der Waals surface area contributed by atoms with Gasteiger partial charge < -0.3 is 5.32 Å². The standard InChI is InChI=1S/C22H23N3O2S/c1-13(2)7-8-23-20-6-5-16(12-24-20)18-10-14(3)17(9-15(18)4)11-19-21(26)25-22(27)28-19/h5-7,9-12H,8H2,1-4H3,(H,23,24)(H,25,26,27)/b19-11-. The van der Waals surface area contributed by atoms with Crippen molar-refractivity contribution in [2.24, 2.45) is 0 Å². The van der Waals surface area contributed by atoms with Crippen LogP contribution in [0.3, 0.4) is 0 Å². The summed E-state index contributed by atoms with van der Waals surface area (Å²) in [6.07, 6.45) is 5.75. The van der Waals surface area contributed by atoms with Crippen LogP contribution in [0.2, 0.25) is 0 Å². The molecule has 2 amide bonds. The smallest absolute Gasteiger partial charge is 0.290 e. The molecule has 2 aromatic rings. The zero-order valence-corrected chi connectivity index (χ0v) is 17.2. The van der Waals surface area contributed by atoms with Gasteiger partial charge in [-0.2, -0.15) is 0 Å². The number of carbonyl (C=O) groups excluding carboxylic acids is 2. The van der Waals surface area contributed by atoms with Crippen LogP contribution < -0.4 is 10.6 Å². The zero-order valence-electron chi connectivity index (χ0n) is 16.4. The molecule has 1 aliphatic heterocycles. The Labute approximate surface area is 169 Å². The average Bonchev–Trinajstić information content (AvgIpc) is 2.95. The van der Waals surface area contributed by atoms with E-state index in [4.69, 9.17) is 0 Å². The molecule has 0 unspecified atom stereocenters. The van der Waals surface area contributed by atoms with Gasteiger partial charge in [0.15, 0.2) is 0 Å². The minimum Gasteiger partial charge on any atom is -0.367 e. The van der Waals surface area contributed by atoms with Gasteiger partial charge in [-0.3, -0.25) is 14.9 Å². The number of aryl methyl sites for hydroxylation is 2. The Morgan fingerprint density at radius 1 is 1.18 bits per heavy atom. The third-order valence-electron chi connectivity index (χ3n) is 4.41. The number of anilines is 1. The van der Waals surface area contributed by atoms with E-state index in [1.807, 2.05) is 32.2 Å². The number of pyridine rings is 1. The Morgan fingerprint density at radius 2 is 1.96 bits per heavy atom. The van der Waals surface area contributed by atoms with Crippen molar-refractivity contribution in [3.8, 4) is 11.1 Å². The molecule has 1 fully saturated rings. The lowest BCUT2D eigenvalue weighted by Crippen LogP contribution is -2.17. The second kappa shape index (κ2) is 8.44. The SMILES string of the molecule is CC(C)=CCNc1ccc(-c2cc(C)c(/C=C3\SC(=O)NC3=O)cc2C)cn1. The normalized spacial score (nSPS) is 14.9. The number of nitrogens with zero attached hydrogens (tertiary/aromatic N) is 1. The third kappa shape index (κ3) is 4.70. The van der Waals surface area contributed by atoms with Crippen molar-refractivity contribution in [3.63, 3.8) is 0 Å². The van der Waals surface area contributed by atoms with Crippen molar-refractivity contribution < 1.29 is 9.59 Å². The number of nitrogens with one attached hydrogen (secondary N) is 2. The molecule has 0 radical (unpaired) electrons. The second-order valence-electron chi connectivity index (χ2n) is 6.97. The van der Waals surface area contributed by atoms with Gasteiger partial charge in [0.25, 0.3) is 11.1 Å². The summed E-state index contributed by atoms with van der Waals surface area (Å²) in [6, 6.07) is 8.16. The van der Waals surface area contributed by atoms with Crippen LogP contribution in [0.4, 0.5) is 10.6 Å². The van der Waals surface area contributed by atoms with Gasteiger partial charge in [0, 0.05) is 18.3 Å². The Morgan fingerprint density at radius 3 is 2.57 bits per heavy atom. The zero-order chi connectivity index (χ0) is 20.3. The Hall–Kier alpha value is -2.86. The van der Waals surface area contributed by atoms with Gasteiger partial charge in [0.2, 0.25) is 0 Å². The van der Waals surface area contributed by atoms with Gasteiger partial charge in [0.05, 0.1) is 4.91 Å². The molecule has 1 aliphatic rings. The first-order chi connectivity index (χ1) is 13.3. The highest BCUT2D eigenvalue weighted by atomic mass is 32.2. The molecule has 0 atom stereocenters. The molecule has 1 aromatic heterocycles. The molecule has 0 bridgehead atoms. The van der Waals surface area contributed by atoms with E-state index < -0.39 is 0 Å². The van der Waals surface area contributed by atoms with E-state index in [2.05, 4.69) is 47.7 Å². The van der Waals surface area contributed by atoms with E-state index in [1.165, 1.54) is 5.57 Å². The van der Waals surface area contributed by atoms with Gasteiger partial charge >= 0.3 is 0 Å². The number of thioether (sulfide) groups is 1. The summed E-state index contributed by atoms with van der Waals surface area (Å²) in [6.45, 7) is 8.92. The highest BCUT2D eigenvalue weighted by Crippen LogP contribution is 2.30. The van der Waals surface area contributed by atoms with Gasteiger partial charge in [-0.25, -0.2) is 4.98 Å². The first-order valence-corrected chi connectivity index (χ1v) is 9.85. The maximum absolute atomic E-state index is 11.8. The summed E-state index contributed by atoms with van der Waals surface area (Å²) < 4.78 is 0. The van der Waals surface area contributed by atoms with Crippen LogP contribution in [0.5, 0.6) is 0 Å².